The first-order valence-electron chi connectivity index (χ1n) is 6.05. The van der Waals surface area contributed by atoms with Gasteiger partial charge in [-0.05, 0) is 19.4 Å². The Morgan fingerprint density at radius 3 is 2.47 bits per heavy atom. The number of ketones is 1. The fourth-order valence-corrected chi connectivity index (χ4v) is 1.98. The maximum absolute atomic E-state index is 11.4. The predicted molar refractivity (Wildman–Crippen MR) is 72.1 cm³/mol. The Morgan fingerprint density at radius 2 is 1.95 bits per heavy atom. The molecular weight excluding hydrogens is 240 g/mol. The van der Waals surface area contributed by atoms with Crippen LogP contribution in [0.5, 0.6) is 0 Å². The molecule has 0 saturated heterocycles. The van der Waals surface area contributed by atoms with Gasteiger partial charge in [0.1, 0.15) is 6.10 Å². The Labute approximate surface area is 112 Å². The smallest absolute Gasteiger partial charge is 0.163 e. The Morgan fingerprint density at radius 1 is 1.26 bits per heavy atom. The third-order valence-corrected chi connectivity index (χ3v) is 2.95. The zero-order valence-corrected chi connectivity index (χ0v) is 11.3. The van der Waals surface area contributed by atoms with Crippen LogP contribution in [0.3, 0.4) is 0 Å². The Balaban J connectivity index is 2.40. The number of carbonyl (C=O) groups excluding carboxylic acids is 1. The highest BCUT2D eigenvalue weighted by molar-refractivity contribution is 5.94. The molecule has 19 heavy (non-hydrogen) atoms. The average molecular weight is 256 g/mol. The predicted octanol–water partition coefficient (Wildman–Crippen LogP) is 2.72. The van der Waals surface area contributed by atoms with Crippen LogP contribution in [0.25, 0.3) is 0 Å². The van der Waals surface area contributed by atoms with E-state index >= 15 is 0 Å². The van der Waals surface area contributed by atoms with Crippen LogP contribution in [-0.2, 0) is 4.74 Å². The summed E-state index contributed by atoms with van der Waals surface area (Å²) in [6.07, 6.45) is 1.25. The van der Waals surface area contributed by atoms with Crippen LogP contribution >= 0.6 is 0 Å². The van der Waals surface area contributed by atoms with Crippen molar-refractivity contribution < 1.29 is 9.53 Å². The first kappa shape index (κ1) is 13.4. The molecule has 0 bridgehead atoms. The molecule has 1 aromatic carbocycles. The number of aromatic nitrogens is 2. The van der Waals surface area contributed by atoms with Crippen molar-refractivity contribution in [1.29, 1.82) is 0 Å². The minimum absolute atomic E-state index is 0.0299. The lowest BCUT2D eigenvalue weighted by Gasteiger charge is -2.15. The number of hydrogen-bond donors (Lipinski definition) is 0. The largest absolute Gasteiger partial charge is 0.369 e. The number of methoxy groups -OCH3 is 1. The Bertz CT molecular complexity index is 582. The van der Waals surface area contributed by atoms with Crippen molar-refractivity contribution in [2.45, 2.75) is 20.0 Å². The van der Waals surface area contributed by atoms with Gasteiger partial charge in [0.2, 0.25) is 0 Å². The van der Waals surface area contributed by atoms with E-state index in [2.05, 4.69) is 9.97 Å². The highest BCUT2D eigenvalue weighted by Crippen LogP contribution is 2.22. The molecule has 0 N–H and O–H groups in total. The first-order valence-corrected chi connectivity index (χ1v) is 6.05. The Hall–Kier alpha value is -2.07. The summed E-state index contributed by atoms with van der Waals surface area (Å²) < 4.78 is 5.47. The van der Waals surface area contributed by atoms with Crippen LogP contribution in [0.2, 0.25) is 0 Å². The van der Waals surface area contributed by atoms with Crippen molar-refractivity contribution in [2.24, 2.45) is 0 Å². The fourth-order valence-electron chi connectivity index (χ4n) is 1.98. The summed E-state index contributed by atoms with van der Waals surface area (Å²) in [5.41, 5.74) is 2.21. The number of rotatable bonds is 4. The normalized spacial score (nSPS) is 12.2. The van der Waals surface area contributed by atoms with Gasteiger partial charge in [-0.25, -0.2) is 9.97 Å². The number of nitrogens with zero attached hydrogens (tertiary/aromatic N) is 2. The summed E-state index contributed by atoms with van der Waals surface area (Å²) in [4.78, 5) is 20.0. The molecule has 1 aromatic heterocycles. The van der Waals surface area contributed by atoms with E-state index in [1.165, 1.54) is 6.92 Å². The maximum Gasteiger partial charge on any atom is 0.163 e. The molecule has 0 amide bonds. The van der Waals surface area contributed by atoms with Gasteiger partial charge in [-0.3, -0.25) is 4.79 Å². The van der Waals surface area contributed by atoms with Gasteiger partial charge in [0.05, 0.1) is 11.3 Å². The second-order valence-corrected chi connectivity index (χ2v) is 4.31. The molecule has 0 aliphatic rings. The second kappa shape index (κ2) is 5.71. The molecule has 1 unspecified atom stereocenters. The minimum atomic E-state index is -0.319. The van der Waals surface area contributed by atoms with Gasteiger partial charge in [-0.2, -0.15) is 0 Å². The van der Waals surface area contributed by atoms with Crippen molar-refractivity contribution in [3.8, 4) is 0 Å². The molecule has 1 atom stereocenters. The summed E-state index contributed by atoms with van der Waals surface area (Å²) in [6, 6.07) is 9.76. The molecule has 0 spiro atoms. The van der Waals surface area contributed by atoms with E-state index in [9.17, 15) is 4.79 Å². The third-order valence-electron chi connectivity index (χ3n) is 2.95. The lowest BCUT2D eigenvalue weighted by molar-refractivity contribution is 0.101. The van der Waals surface area contributed by atoms with Gasteiger partial charge >= 0.3 is 0 Å². The SMILES string of the molecule is COC(c1ccccc1)c1ncc(C(C)=O)c(C)n1. The lowest BCUT2D eigenvalue weighted by Crippen LogP contribution is -2.11. The van der Waals surface area contributed by atoms with Crippen LogP contribution in [0.15, 0.2) is 36.5 Å². The van der Waals surface area contributed by atoms with E-state index in [-0.39, 0.29) is 11.9 Å². The zero-order valence-electron chi connectivity index (χ0n) is 11.3. The van der Waals surface area contributed by atoms with E-state index in [0.29, 0.717) is 17.1 Å². The lowest BCUT2D eigenvalue weighted by atomic mass is 10.1. The molecule has 4 heteroatoms. The zero-order chi connectivity index (χ0) is 13.8. The molecule has 0 radical (unpaired) electrons. The molecule has 98 valence electrons. The van der Waals surface area contributed by atoms with Crippen molar-refractivity contribution in [3.63, 3.8) is 0 Å². The Kier molecular flexibility index (Phi) is 4.02. The molecule has 4 nitrogen and oxygen atoms in total. The van der Waals surface area contributed by atoms with Crippen LogP contribution in [0.4, 0.5) is 0 Å². The highest BCUT2D eigenvalue weighted by Gasteiger charge is 2.17. The van der Waals surface area contributed by atoms with Crippen LogP contribution in [-0.4, -0.2) is 22.9 Å². The summed E-state index contributed by atoms with van der Waals surface area (Å²) in [7, 11) is 1.62. The van der Waals surface area contributed by atoms with Crippen LogP contribution in [0, 0.1) is 6.92 Å². The van der Waals surface area contributed by atoms with Gasteiger partial charge in [-0.15, -0.1) is 0 Å². The number of ether oxygens (including phenoxy) is 1. The van der Waals surface area contributed by atoms with Crippen molar-refractivity contribution >= 4 is 5.78 Å². The van der Waals surface area contributed by atoms with E-state index in [4.69, 9.17) is 4.74 Å². The van der Waals surface area contributed by atoms with E-state index in [1.54, 1.807) is 20.2 Å². The average Bonchev–Trinajstić information content (AvgIpc) is 2.40. The molecule has 0 aliphatic heterocycles. The summed E-state index contributed by atoms with van der Waals surface area (Å²) in [5, 5.41) is 0. The summed E-state index contributed by atoms with van der Waals surface area (Å²) >= 11 is 0. The van der Waals surface area contributed by atoms with Gasteiger partial charge in [0, 0.05) is 13.3 Å². The number of benzene rings is 1. The number of hydrogen-bond acceptors (Lipinski definition) is 4. The molecule has 0 fully saturated rings. The monoisotopic (exact) mass is 256 g/mol. The molecule has 1 heterocycles. The standard InChI is InChI=1S/C15H16N2O2/c1-10-13(11(2)18)9-16-15(17-10)14(19-3)12-7-5-4-6-8-12/h4-9,14H,1-3H3. The minimum Gasteiger partial charge on any atom is -0.369 e. The molecule has 2 aromatic rings. The van der Waals surface area contributed by atoms with Gasteiger partial charge in [0.25, 0.3) is 0 Å². The second-order valence-electron chi connectivity index (χ2n) is 4.31. The number of Topliss-reactive ketones (excluding diaryl/α,β-unsaturated/α-hetero) is 1. The topological polar surface area (TPSA) is 52.1 Å². The van der Waals surface area contributed by atoms with Crippen molar-refractivity contribution in [3.05, 3.63) is 59.2 Å². The maximum atomic E-state index is 11.4. The molecule has 2 rings (SSSR count). The van der Waals surface area contributed by atoms with E-state index in [1.807, 2.05) is 30.3 Å². The van der Waals surface area contributed by atoms with Crippen molar-refractivity contribution in [1.82, 2.24) is 9.97 Å². The first-order chi connectivity index (χ1) is 9.13. The quantitative estimate of drug-likeness (QED) is 0.789. The van der Waals surface area contributed by atoms with Gasteiger partial charge < -0.3 is 4.74 Å². The van der Waals surface area contributed by atoms with E-state index in [0.717, 1.165) is 5.56 Å². The molecular formula is C15H16N2O2. The van der Waals surface area contributed by atoms with Crippen LogP contribution in [0.1, 0.15) is 40.5 Å². The van der Waals surface area contributed by atoms with E-state index < -0.39 is 0 Å². The third kappa shape index (κ3) is 2.85. The fraction of sp³-hybridized carbons (Fsp3) is 0.267. The summed E-state index contributed by atoms with van der Waals surface area (Å²) in [6.45, 7) is 3.32. The van der Waals surface area contributed by atoms with Crippen molar-refractivity contribution in [2.75, 3.05) is 7.11 Å². The summed E-state index contributed by atoms with van der Waals surface area (Å²) in [5.74, 6) is 0.536. The van der Waals surface area contributed by atoms with Gasteiger partial charge in [0.15, 0.2) is 11.6 Å². The highest BCUT2D eigenvalue weighted by atomic mass is 16.5. The van der Waals surface area contributed by atoms with Crippen LogP contribution < -0.4 is 0 Å². The van der Waals surface area contributed by atoms with Gasteiger partial charge in [-0.1, -0.05) is 30.3 Å². The number of carbonyl (C=O) groups is 1. The number of aryl methyl sites for hydroxylation is 1. The molecule has 0 aliphatic carbocycles. The molecule has 0 saturated carbocycles.